The highest BCUT2D eigenvalue weighted by molar-refractivity contribution is 9.10. The highest BCUT2D eigenvalue weighted by Gasteiger charge is 2.25. The fourth-order valence-electron chi connectivity index (χ4n) is 2.41. The first-order chi connectivity index (χ1) is 12.6. The van der Waals surface area contributed by atoms with Gasteiger partial charge in [-0.3, -0.25) is 15.1 Å². The van der Waals surface area contributed by atoms with Crippen molar-refractivity contribution in [2.45, 2.75) is 19.8 Å². The van der Waals surface area contributed by atoms with Gasteiger partial charge in [0.2, 0.25) is 5.82 Å². The molecule has 3 rings (SSSR count). The molecule has 2 heterocycles. The molecule has 0 aliphatic heterocycles. The van der Waals surface area contributed by atoms with Gasteiger partial charge in [0, 0.05) is 22.6 Å². The molecule has 0 spiro atoms. The minimum atomic E-state index is -0.544. The molecule has 9 heteroatoms. The van der Waals surface area contributed by atoms with Gasteiger partial charge in [0.25, 0.3) is 0 Å². The van der Waals surface area contributed by atoms with Crippen molar-refractivity contribution in [1.82, 2.24) is 15.0 Å². The molecule has 1 N–H and O–H groups in total. The number of nitrogens with zero attached hydrogens (tertiary/aromatic N) is 4. The molecule has 3 aromatic rings. The zero-order valence-corrected chi connectivity index (χ0v) is 15.6. The van der Waals surface area contributed by atoms with E-state index in [0.717, 1.165) is 22.7 Å². The van der Waals surface area contributed by atoms with Crippen LogP contribution >= 0.6 is 15.9 Å². The van der Waals surface area contributed by atoms with Crippen LogP contribution in [0.15, 0.2) is 41.3 Å². The van der Waals surface area contributed by atoms with E-state index in [9.17, 15) is 10.1 Å². The Bertz CT molecular complexity index is 951. The van der Waals surface area contributed by atoms with Gasteiger partial charge in [0.05, 0.1) is 4.92 Å². The van der Waals surface area contributed by atoms with Gasteiger partial charge in [-0.1, -0.05) is 35.3 Å². The largest absolute Gasteiger partial charge is 0.431 e. The van der Waals surface area contributed by atoms with E-state index in [0.29, 0.717) is 17.8 Å². The third-order valence-electron chi connectivity index (χ3n) is 3.68. The number of nitro groups is 1. The molecule has 0 atom stereocenters. The lowest BCUT2D eigenvalue weighted by Crippen LogP contribution is -2.08. The van der Waals surface area contributed by atoms with E-state index >= 15 is 0 Å². The number of rotatable bonds is 7. The van der Waals surface area contributed by atoms with Gasteiger partial charge >= 0.3 is 11.6 Å². The number of hydrogen-bond donors (Lipinski definition) is 1. The Morgan fingerprint density at radius 3 is 2.88 bits per heavy atom. The molecule has 0 bridgehead atoms. The first-order valence-corrected chi connectivity index (χ1v) is 8.85. The van der Waals surface area contributed by atoms with E-state index in [2.05, 4.69) is 36.2 Å². The van der Waals surface area contributed by atoms with Crippen molar-refractivity contribution in [3.8, 4) is 11.6 Å². The third-order valence-corrected chi connectivity index (χ3v) is 4.37. The predicted molar refractivity (Wildman–Crippen MR) is 102 cm³/mol. The topological polar surface area (TPSA) is 103 Å². The molecule has 1 aromatic carbocycles. The molecule has 8 nitrogen and oxygen atoms in total. The van der Waals surface area contributed by atoms with Crippen LogP contribution in [0.2, 0.25) is 0 Å². The summed E-state index contributed by atoms with van der Waals surface area (Å²) in [7, 11) is 0. The monoisotopic (exact) mass is 417 g/mol. The van der Waals surface area contributed by atoms with E-state index in [4.69, 9.17) is 4.74 Å². The molecular formula is C17H16BrN5O3. The summed E-state index contributed by atoms with van der Waals surface area (Å²) >= 11 is 3.46. The van der Waals surface area contributed by atoms with E-state index < -0.39 is 4.92 Å². The second-order valence-electron chi connectivity index (χ2n) is 5.46. The van der Waals surface area contributed by atoms with Crippen molar-refractivity contribution in [1.29, 1.82) is 0 Å². The molecule has 26 heavy (non-hydrogen) atoms. The van der Waals surface area contributed by atoms with E-state index in [-0.39, 0.29) is 17.4 Å². The van der Waals surface area contributed by atoms with Crippen molar-refractivity contribution < 1.29 is 9.66 Å². The Morgan fingerprint density at radius 1 is 1.27 bits per heavy atom. The minimum absolute atomic E-state index is 0.127. The normalized spacial score (nSPS) is 10.7. The van der Waals surface area contributed by atoms with Crippen LogP contribution in [0.3, 0.4) is 0 Å². The van der Waals surface area contributed by atoms with Gasteiger partial charge in [-0.05, 0) is 24.6 Å². The summed E-state index contributed by atoms with van der Waals surface area (Å²) in [4.78, 5) is 23.3. The molecule has 0 saturated carbocycles. The summed E-state index contributed by atoms with van der Waals surface area (Å²) in [5.41, 5.74) is 0.283. The number of anilines is 1. The molecule has 0 aliphatic carbocycles. The summed E-state index contributed by atoms with van der Waals surface area (Å²) in [5.74, 6) is 0.395. The van der Waals surface area contributed by atoms with Crippen LogP contribution in [0.5, 0.6) is 11.6 Å². The Balaban J connectivity index is 2.01. The van der Waals surface area contributed by atoms with Gasteiger partial charge in [0.1, 0.15) is 11.8 Å². The van der Waals surface area contributed by atoms with Crippen LogP contribution in [0.1, 0.15) is 19.8 Å². The van der Waals surface area contributed by atoms with Gasteiger partial charge < -0.3 is 10.1 Å². The average molecular weight is 418 g/mol. The molecule has 0 radical (unpaired) electrons. The number of fused-ring (bicyclic) bond motifs is 1. The molecule has 0 fully saturated rings. The van der Waals surface area contributed by atoms with Crippen LogP contribution in [-0.4, -0.2) is 26.4 Å². The van der Waals surface area contributed by atoms with Gasteiger partial charge in [-0.15, -0.1) is 0 Å². The van der Waals surface area contributed by atoms with Crippen molar-refractivity contribution >= 4 is 38.3 Å². The van der Waals surface area contributed by atoms with Crippen molar-refractivity contribution in [3.05, 3.63) is 51.4 Å². The molecule has 0 amide bonds. The van der Waals surface area contributed by atoms with Gasteiger partial charge in [-0.25, -0.2) is 4.98 Å². The molecule has 0 aliphatic rings. The Hall–Kier alpha value is -2.81. The van der Waals surface area contributed by atoms with Gasteiger partial charge in [0.15, 0.2) is 5.75 Å². The second-order valence-corrected chi connectivity index (χ2v) is 6.31. The fourth-order valence-corrected chi connectivity index (χ4v) is 2.87. The molecular weight excluding hydrogens is 402 g/mol. The average Bonchev–Trinajstić information content (AvgIpc) is 2.64. The van der Waals surface area contributed by atoms with Crippen LogP contribution < -0.4 is 10.1 Å². The quantitative estimate of drug-likeness (QED) is 0.337. The lowest BCUT2D eigenvalue weighted by Gasteiger charge is -2.10. The maximum Gasteiger partial charge on any atom is 0.373 e. The molecule has 134 valence electrons. The predicted octanol–water partition coefficient (Wildman–Crippen LogP) is 4.70. The number of halogens is 1. The lowest BCUT2D eigenvalue weighted by molar-refractivity contribution is -0.385. The summed E-state index contributed by atoms with van der Waals surface area (Å²) in [6.07, 6.45) is 4.71. The van der Waals surface area contributed by atoms with Crippen molar-refractivity contribution in [2.75, 3.05) is 11.9 Å². The third kappa shape index (κ3) is 3.72. The number of ether oxygens (including phenoxy) is 1. The Kier molecular flexibility index (Phi) is 5.57. The van der Waals surface area contributed by atoms with Crippen molar-refractivity contribution in [2.24, 2.45) is 0 Å². The number of pyridine rings is 1. The Morgan fingerprint density at radius 2 is 2.12 bits per heavy atom. The van der Waals surface area contributed by atoms with E-state index in [1.165, 1.54) is 6.33 Å². The minimum Gasteiger partial charge on any atom is -0.431 e. The summed E-state index contributed by atoms with van der Waals surface area (Å²) < 4.78 is 6.62. The highest BCUT2D eigenvalue weighted by Crippen LogP contribution is 2.37. The lowest BCUT2D eigenvalue weighted by atomic mass is 10.2. The van der Waals surface area contributed by atoms with Crippen LogP contribution in [0.4, 0.5) is 11.5 Å². The van der Waals surface area contributed by atoms with Crippen LogP contribution in [0.25, 0.3) is 10.9 Å². The molecule has 0 unspecified atom stereocenters. The number of benzene rings is 1. The standard InChI is InChI=1S/C17H16BrN5O3/c1-2-3-8-20-16-15(23(24)25)17(22-10-21-16)26-13-7-6-12(18)11-5-4-9-19-14(11)13/h4-7,9-10H,2-3,8H2,1H3,(H,20,21,22). The molecule has 2 aromatic heterocycles. The van der Waals surface area contributed by atoms with Crippen molar-refractivity contribution in [3.63, 3.8) is 0 Å². The number of hydrogen-bond acceptors (Lipinski definition) is 7. The number of aromatic nitrogens is 3. The maximum atomic E-state index is 11.6. The first-order valence-electron chi connectivity index (χ1n) is 8.06. The second kappa shape index (κ2) is 8.05. The van der Waals surface area contributed by atoms with Gasteiger partial charge in [-0.2, -0.15) is 4.98 Å². The maximum absolute atomic E-state index is 11.6. The SMILES string of the molecule is CCCCNc1ncnc(Oc2ccc(Br)c3cccnc23)c1[N+](=O)[O-]. The van der Waals surface area contributed by atoms with E-state index in [1.54, 1.807) is 24.4 Å². The first kappa shape index (κ1) is 18.0. The Labute approximate surface area is 157 Å². The number of nitrogens with one attached hydrogen (secondary N) is 1. The smallest absolute Gasteiger partial charge is 0.373 e. The fraction of sp³-hybridized carbons (Fsp3) is 0.235. The zero-order valence-electron chi connectivity index (χ0n) is 14.0. The zero-order chi connectivity index (χ0) is 18.5. The van der Waals surface area contributed by atoms with Crippen LogP contribution in [0, 0.1) is 10.1 Å². The molecule has 0 saturated heterocycles. The summed E-state index contributed by atoms with van der Waals surface area (Å²) in [6, 6.07) is 7.17. The van der Waals surface area contributed by atoms with Crippen LogP contribution in [-0.2, 0) is 0 Å². The van der Waals surface area contributed by atoms with E-state index in [1.807, 2.05) is 13.0 Å². The number of unbranched alkanes of at least 4 members (excludes halogenated alkanes) is 1. The highest BCUT2D eigenvalue weighted by atomic mass is 79.9. The summed E-state index contributed by atoms with van der Waals surface area (Å²) in [5, 5.41) is 15.4. The summed E-state index contributed by atoms with van der Waals surface area (Å²) in [6.45, 7) is 2.62.